The fraction of sp³-hybridized carbons (Fsp3) is 0.333. The van der Waals surface area contributed by atoms with Crippen LogP contribution in [0.2, 0.25) is 0 Å². The van der Waals surface area contributed by atoms with Crippen molar-refractivity contribution in [3.63, 3.8) is 0 Å². The molecule has 0 saturated carbocycles. The Morgan fingerprint density at radius 3 is 2.58 bits per heavy atom. The van der Waals surface area contributed by atoms with Gasteiger partial charge in [-0.15, -0.1) is 11.8 Å². The molecule has 2 aromatic carbocycles. The molecule has 1 heterocycles. The number of sulfonamides is 1. The zero-order chi connectivity index (χ0) is 17.2. The Morgan fingerprint density at radius 1 is 1.12 bits per heavy atom. The van der Waals surface area contributed by atoms with Crippen LogP contribution >= 0.6 is 11.8 Å². The van der Waals surface area contributed by atoms with Gasteiger partial charge in [-0.2, -0.15) is 4.31 Å². The number of thioether (sulfide) groups is 1. The largest absolute Gasteiger partial charge is 0.497 e. The van der Waals surface area contributed by atoms with Gasteiger partial charge in [-0.3, -0.25) is 0 Å². The Bertz CT molecular complexity index is 817. The Morgan fingerprint density at radius 2 is 1.88 bits per heavy atom. The molecular formula is C18H21NO3S2. The SMILES string of the molecule is COc1ccc2c(c1)SCCCN(S(=O)(=O)c1ccc(C)cc1)C2. The van der Waals surface area contributed by atoms with E-state index >= 15 is 0 Å². The van der Waals surface area contributed by atoms with Gasteiger partial charge in [0.15, 0.2) is 0 Å². The first-order chi connectivity index (χ1) is 11.5. The Kier molecular flexibility index (Phi) is 5.18. The maximum absolute atomic E-state index is 13.0. The first-order valence-electron chi connectivity index (χ1n) is 7.87. The van der Waals surface area contributed by atoms with Crippen molar-refractivity contribution in [1.82, 2.24) is 4.31 Å². The number of benzene rings is 2. The van der Waals surface area contributed by atoms with Gasteiger partial charge < -0.3 is 4.74 Å². The molecule has 0 bridgehead atoms. The van der Waals surface area contributed by atoms with Gasteiger partial charge in [0.25, 0.3) is 0 Å². The molecule has 0 fully saturated rings. The van der Waals surface area contributed by atoms with Crippen LogP contribution in [0.5, 0.6) is 5.75 Å². The van der Waals surface area contributed by atoms with Crippen molar-refractivity contribution in [2.45, 2.75) is 29.7 Å². The van der Waals surface area contributed by atoms with Crippen LogP contribution in [0.4, 0.5) is 0 Å². The molecule has 2 aromatic rings. The summed E-state index contributed by atoms with van der Waals surface area (Å²) in [5.74, 6) is 1.69. The van der Waals surface area contributed by atoms with E-state index in [9.17, 15) is 8.42 Å². The third-order valence-electron chi connectivity index (χ3n) is 4.09. The fourth-order valence-corrected chi connectivity index (χ4v) is 5.15. The van der Waals surface area contributed by atoms with Crippen molar-refractivity contribution in [1.29, 1.82) is 0 Å². The number of rotatable bonds is 3. The van der Waals surface area contributed by atoms with E-state index in [1.165, 1.54) is 0 Å². The summed E-state index contributed by atoms with van der Waals surface area (Å²) in [7, 11) is -1.84. The van der Waals surface area contributed by atoms with Gasteiger partial charge in [-0.05, 0) is 48.9 Å². The van der Waals surface area contributed by atoms with Gasteiger partial charge in [0.1, 0.15) is 5.75 Å². The zero-order valence-corrected chi connectivity index (χ0v) is 15.5. The third-order valence-corrected chi connectivity index (χ3v) is 7.13. The Hall–Kier alpha value is -1.50. The van der Waals surface area contributed by atoms with Gasteiger partial charge in [-0.1, -0.05) is 23.8 Å². The highest BCUT2D eigenvalue weighted by Crippen LogP contribution is 2.32. The van der Waals surface area contributed by atoms with Crippen molar-refractivity contribution >= 4 is 21.8 Å². The van der Waals surface area contributed by atoms with Gasteiger partial charge >= 0.3 is 0 Å². The quantitative estimate of drug-likeness (QED) is 0.834. The topological polar surface area (TPSA) is 46.6 Å². The second-order valence-corrected chi connectivity index (χ2v) is 8.90. The number of ether oxygens (including phenoxy) is 1. The second-order valence-electron chi connectivity index (χ2n) is 5.83. The lowest BCUT2D eigenvalue weighted by Crippen LogP contribution is -2.32. The average Bonchev–Trinajstić information content (AvgIpc) is 2.55. The molecule has 3 rings (SSSR count). The standard InChI is InChI=1S/C18H21NO3S2/c1-14-4-8-17(9-5-14)24(20,21)19-10-3-11-23-18-12-16(22-2)7-6-15(18)13-19/h4-9,12H,3,10-11,13H2,1-2H3. The first-order valence-corrected chi connectivity index (χ1v) is 10.3. The lowest BCUT2D eigenvalue weighted by atomic mass is 10.2. The van der Waals surface area contributed by atoms with E-state index in [0.717, 1.165) is 33.9 Å². The van der Waals surface area contributed by atoms with E-state index < -0.39 is 10.0 Å². The van der Waals surface area contributed by atoms with E-state index in [4.69, 9.17) is 4.74 Å². The molecule has 1 aliphatic rings. The van der Waals surface area contributed by atoms with E-state index in [2.05, 4.69) is 0 Å². The minimum atomic E-state index is -3.48. The predicted molar refractivity (Wildman–Crippen MR) is 97.1 cm³/mol. The maximum Gasteiger partial charge on any atom is 0.243 e. The van der Waals surface area contributed by atoms with Crippen LogP contribution in [0.1, 0.15) is 17.5 Å². The van der Waals surface area contributed by atoms with Crippen LogP contribution in [0.3, 0.4) is 0 Å². The number of aryl methyl sites for hydroxylation is 1. The van der Waals surface area contributed by atoms with Crippen LogP contribution in [0.15, 0.2) is 52.3 Å². The number of hydrogen-bond donors (Lipinski definition) is 0. The predicted octanol–water partition coefficient (Wildman–Crippen LogP) is 3.69. The maximum atomic E-state index is 13.0. The first kappa shape index (κ1) is 17.3. The normalized spacial score (nSPS) is 16.1. The highest BCUT2D eigenvalue weighted by molar-refractivity contribution is 7.99. The summed E-state index contributed by atoms with van der Waals surface area (Å²) in [6, 6.07) is 12.9. The van der Waals surface area contributed by atoms with Gasteiger partial charge in [0.2, 0.25) is 10.0 Å². The van der Waals surface area contributed by atoms with Crippen LogP contribution in [0, 0.1) is 6.92 Å². The molecule has 1 aliphatic heterocycles. The van der Waals surface area contributed by atoms with Gasteiger partial charge in [0.05, 0.1) is 12.0 Å². The van der Waals surface area contributed by atoms with E-state index in [-0.39, 0.29) is 0 Å². The Labute approximate surface area is 147 Å². The highest BCUT2D eigenvalue weighted by atomic mass is 32.2. The van der Waals surface area contributed by atoms with E-state index in [1.807, 2.05) is 37.3 Å². The molecule has 0 unspecified atom stereocenters. The van der Waals surface area contributed by atoms with Crippen molar-refractivity contribution in [3.8, 4) is 5.75 Å². The molecule has 0 aromatic heterocycles. The lowest BCUT2D eigenvalue weighted by Gasteiger charge is -2.26. The zero-order valence-electron chi connectivity index (χ0n) is 13.9. The van der Waals surface area contributed by atoms with Crippen LogP contribution in [-0.2, 0) is 16.6 Å². The van der Waals surface area contributed by atoms with E-state index in [1.54, 1.807) is 35.3 Å². The smallest absolute Gasteiger partial charge is 0.243 e. The minimum absolute atomic E-state index is 0.358. The van der Waals surface area contributed by atoms with Gasteiger partial charge in [-0.25, -0.2) is 8.42 Å². The molecule has 0 saturated heterocycles. The van der Waals surface area contributed by atoms with Crippen LogP contribution < -0.4 is 4.74 Å². The summed E-state index contributed by atoms with van der Waals surface area (Å²) in [6.07, 6.45) is 0.826. The summed E-state index contributed by atoms with van der Waals surface area (Å²) < 4.78 is 32.8. The molecule has 0 radical (unpaired) electrons. The molecule has 0 atom stereocenters. The minimum Gasteiger partial charge on any atom is -0.497 e. The van der Waals surface area contributed by atoms with Crippen molar-refractivity contribution < 1.29 is 13.2 Å². The third kappa shape index (κ3) is 3.61. The number of nitrogens with zero attached hydrogens (tertiary/aromatic N) is 1. The summed E-state index contributed by atoms with van der Waals surface area (Å²) >= 11 is 1.76. The summed E-state index contributed by atoms with van der Waals surface area (Å²) in [5, 5.41) is 0. The van der Waals surface area contributed by atoms with Crippen molar-refractivity contribution in [2.75, 3.05) is 19.4 Å². The molecule has 0 N–H and O–H groups in total. The molecule has 4 nitrogen and oxygen atoms in total. The monoisotopic (exact) mass is 363 g/mol. The summed E-state index contributed by atoms with van der Waals surface area (Å²) in [5.41, 5.74) is 2.08. The molecule has 0 aliphatic carbocycles. The summed E-state index contributed by atoms with van der Waals surface area (Å²) in [4.78, 5) is 1.45. The van der Waals surface area contributed by atoms with Gasteiger partial charge in [0, 0.05) is 18.0 Å². The molecule has 24 heavy (non-hydrogen) atoms. The fourth-order valence-electron chi connectivity index (χ4n) is 2.68. The number of methoxy groups -OCH3 is 1. The van der Waals surface area contributed by atoms with Crippen molar-refractivity contribution in [2.24, 2.45) is 0 Å². The van der Waals surface area contributed by atoms with E-state index in [0.29, 0.717) is 18.0 Å². The highest BCUT2D eigenvalue weighted by Gasteiger charge is 2.26. The summed E-state index contributed by atoms with van der Waals surface area (Å²) in [6.45, 7) is 2.88. The Balaban J connectivity index is 1.94. The number of fused-ring (bicyclic) bond motifs is 1. The molecule has 128 valence electrons. The second kappa shape index (κ2) is 7.17. The molecule has 6 heteroatoms. The molecule has 0 amide bonds. The number of hydrogen-bond acceptors (Lipinski definition) is 4. The average molecular weight is 364 g/mol. The molecule has 0 spiro atoms. The molecular weight excluding hydrogens is 342 g/mol. The van der Waals surface area contributed by atoms with Crippen LogP contribution in [-0.4, -0.2) is 32.1 Å². The van der Waals surface area contributed by atoms with Crippen LogP contribution in [0.25, 0.3) is 0 Å². The van der Waals surface area contributed by atoms with Crippen molar-refractivity contribution in [3.05, 3.63) is 53.6 Å². The lowest BCUT2D eigenvalue weighted by molar-refractivity contribution is 0.399.